The minimum atomic E-state index is 0.170. The summed E-state index contributed by atoms with van der Waals surface area (Å²) in [6.07, 6.45) is 0. The Morgan fingerprint density at radius 1 is 1.47 bits per heavy atom. The molecule has 0 aliphatic heterocycles. The average Bonchev–Trinajstić information content (AvgIpc) is 2.55. The maximum Gasteiger partial charge on any atom is 0.192 e. The topological polar surface area (TPSA) is 46.3 Å². The third-order valence-corrected chi connectivity index (χ3v) is 2.50. The van der Waals surface area contributed by atoms with Crippen LogP contribution in [-0.2, 0) is 11.3 Å². The number of oxazole rings is 1. The number of hydrogen-bond acceptors (Lipinski definition) is 4. The summed E-state index contributed by atoms with van der Waals surface area (Å²) in [4.78, 5) is 17.2. The predicted octanol–water partition coefficient (Wildman–Crippen LogP) is 2.16. The number of carbonyl (C=O) groups is 1. The summed E-state index contributed by atoms with van der Waals surface area (Å²) < 4.78 is 5.47. The van der Waals surface area contributed by atoms with Crippen molar-refractivity contribution in [1.82, 2.24) is 9.88 Å². The quantitative estimate of drug-likeness (QED) is 0.810. The van der Waals surface area contributed by atoms with E-state index in [1.807, 2.05) is 37.1 Å². The highest BCUT2D eigenvalue weighted by Crippen LogP contribution is 2.17. The van der Waals surface area contributed by atoms with Gasteiger partial charge < -0.3 is 4.42 Å². The lowest BCUT2D eigenvalue weighted by Crippen LogP contribution is -2.23. The van der Waals surface area contributed by atoms with Crippen LogP contribution in [0.25, 0.3) is 11.1 Å². The van der Waals surface area contributed by atoms with E-state index in [9.17, 15) is 4.79 Å². The lowest BCUT2D eigenvalue weighted by atomic mass is 10.2. The maximum atomic E-state index is 11.0. The first-order valence-corrected chi connectivity index (χ1v) is 5.58. The number of nitrogens with zero attached hydrogens (tertiary/aromatic N) is 2. The van der Waals surface area contributed by atoms with Gasteiger partial charge in [0.15, 0.2) is 11.5 Å². The fourth-order valence-electron chi connectivity index (χ4n) is 1.93. The molecule has 0 fully saturated rings. The molecule has 0 radical (unpaired) electrons. The third-order valence-electron chi connectivity index (χ3n) is 2.50. The molecule has 2 rings (SSSR count). The standard InChI is InChI=1S/C13H16N2O2/c1-9(16)7-15(3)8-11-4-5-12-13(6-11)17-10(2)14-12/h4-6H,7-8H2,1-3H3. The molecule has 4 nitrogen and oxygen atoms in total. The Hall–Kier alpha value is -1.68. The molecule has 0 amide bonds. The molecule has 0 saturated heterocycles. The van der Waals surface area contributed by atoms with Gasteiger partial charge in [0.25, 0.3) is 0 Å². The van der Waals surface area contributed by atoms with Gasteiger partial charge >= 0.3 is 0 Å². The number of fused-ring (bicyclic) bond motifs is 1. The highest BCUT2D eigenvalue weighted by atomic mass is 16.3. The van der Waals surface area contributed by atoms with Crippen molar-refractivity contribution in [3.05, 3.63) is 29.7 Å². The second kappa shape index (κ2) is 4.67. The van der Waals surface area contributed by atoms with Gasteiger partial charge in [-0.2, -0.15) is 0 Å². The molecule has 0 aliphatic rings. The van der Waals surface area contributed by atoms with Gasteiger partial charge in [-0.1, -0.05) is 6.07 Å². The molecule has 0 unspecified atom stereocenters. The zero-order chi connectivity index (χ0) is 12.4. The lowest BCUT2D eigenvalue weighted by Gasteiger charge is -2.14. The number of ketones is 1. The van der Waals surface area contributed by atoms with Gasteiger partial charge in [0.05, 0.1) is 6.54 Å². The van der Waals surface area contributed by atoms with E-state index in [1.165, 1.54) is 0 Å². The van der Waals surface area contributed by atoms with E-state index < -0.39 is 0 Å². The van der Waals surface area contributed by atoms with Crippen molar-refractivity contribution < 1.29 is 9.21 Å². The molecule has 1 aromatic heterocycles. The Labute approximate surface area is 100 Å². The van der Waals surface area contributed by atoms with Gasteiger partial charge in [-0.25, -0.2) is 4.98 Å². The van der Waals surface area contributed by atoms with Gasteiger partial charge in [-0.3, -0.25) is 9.69 Å². The monoisotopic (exact) mass is 232 g/mol. The molecule has 1 heterocycles. The molecule has 0 aliphatic carbocycles. The number of hydrogen-bond donors (Lipinski definition) is 0. The summed E-state index contributed by atoms with van der Waals surface area (Å²) in [5.74, 6) is 0.846. The van der Waals surface area contributed by atoms with Gasteiger partial charge in [-0.15, -0.1) is 0 Å². The van der Waals surface area contributed by atoms with Crippen molar-refractivity contribution in [3.63, 3.8) is 0 Å². The Balaban J connectivity index is 2.16. The van der Waals surface area contributed by atoms with Crippen LogP contribution in [0.3, 0.4) is 0 Å². The molecule has 0 saturated carbocycles. The molecule has 90 valence electrons. The van der Waals surface area contributed by atoms with E-state index >= 15 is 0 Å². The summed E-state index contributed by atoms with van der Waals surface area (Å²) in [7, 11) is 1.93. The number of Topliss-reactive ketones (excluding diaryl/α,β-unsaturated/α-hetero) is 1. The SMILES string of the molecule is CC(=O)CN(C)Cc1ccc2nc(C)oc2c1. The molecular weight excluding hydrogens is 216 g/mol. The fourth-order valence-corrected chi connectivity index (χ4v) is 1.93. The Morgan fingerprint density at radius 2 is 2.24 bits per heavy atom. The summed E-state index contributed by atoms with van der Waals surface area (Å²) in [5.41, 5.74) is 2.80. The van der Waals surface area contributed by atoms with E-state index in [0.717, 1.165) is 23.2 Å². The van der Waals surface area contributed by atoms with Gasteiger partial charge in [0, 0.05) is 13.5 Å². The van der Waals surface area contributed by atoms with Crippen LogP contribution in [0.2, 0.25) is 0 Å². The summed E-state index contributed by atoms with van der Waals surface area (Å²) in [6.45, 7) is 4.63. The van der Waals surface area contributed by atoms with Crippen LogP contribution in [0.15, 0.2) is 22.6 Å². The van der Waals surface area contributed by atoms with Crippen LogP contribution in [0.4, 0.5) is 0 Å². The Morgan fingerprint density at radius 3 is 2.94 bits per heavy atom. The van der Waals surface area contributed by atoms with E-state index in [-0.39, 0.29) is 5.78 Å². The first-order valence-electron chi connectivity index (χ1n) is 5.58. The number of benzene rings is 1. The van der Waals surface area contributed by atoms with Crippen molar-refractivity contribution in [1.29, 1.82) is 0 Å². The molecule has 0 bridgehead atoms. The van der Waals surface area contributed by atoms with Crippen LogP contribution in [0.1, 0.15) is 18.4 Å². The molecule has 0 N–H and O–H groups in total. The number of rotatable bonds is 4. The Bertz CT molecular complexity index is 545. The molecular formula is C13H16N2O2. The van der Waals surface area contributed by atoms with Gasteiger partial charge in [-0.05, 0) is 31.7 Å². The lowest BCUT2D eigenvalue weighted by molar-refractivity contribution is -0.117. The number of aryl methyl sites for hydroxylation is 1. The molecule has 0 atom stereocenters. The zero-order valence-electron chi connectivity index (χ0n) is 10.4. The third kappa shape index (κ3) is 2.91. The van der Waals surface area contributed by atoms with Gasteiger partial charge in [0.2, 0.25) is 0 Å². The molecule has 1 aromatic carbocycles. The van der Waals surface area contributed by atoms with Crippen molar-refractivity contribution >= 4 is 16.9 Å². The molecule has 2 aromatic rings. The van der Waals surface area contributed by atoms with Crippen LogP contribution in [-0.4, -0.2) is 29.3 Å². The minimum absolute atomic E-state index is 0.170. The number of carbonyl (C=O) groups excluding carboxylic acids is 1. The number of likely N-dealkylation sites (N-methyl/N-ethyl adjacent to an activating group) is 1. The summed E-state index contributed by atoms with van der Waals surface area (Å²) >= 11 is 0. The van der Waals surface area contributed by atoms with Crippen LogP contribution >= 0.6 is 0 Å². The Kier molecular flexibility index (Phi) is 3.24. The smallest absolute Gasteiger partial charge is 0.192 e. The second-order valence-corrected chi connectivity index (χ2v) is 4.41. The molecule has 0 spiro atoms. The van der Waals surface area contributed by atoms with E-state index in [0.29, 0.717) is 12.4 Å². The minimum Gasteiger partial charge on any atom is -0.441 e. The van der Waals surface area contributed by atoms with Gasteiger partial charge in [0.1, 0.15) is 11.3 Å². The highest BCUT2D eigenvalue weighted by Gasteiger charge is 2.06. The fraction of sp³-hybridized carbons (Fsp3) is 0.385. The van der Waals surface area contributed by atoms with Crippen molar-refractivity contribution in [3.8, 4) is 0 Å². The largest absolute Gasteiger partial charge is 0.441 e. The van der Waals surface area contributed by atoms with E-state index in [4.69, 9.17) is 4.42 Å². The average molecular weight is 232 g/mol. The molecule has 17 heavy (non-hydrogen) atoms. The van der Waals surface area contributed by atoms with Crippen LogP contribution < -0.4 is 0 Å². The van der Waals surface area contributed by atoms with Crippen LogP contribution in [0.5, 0.6) is 0 Å². The predicted molar refractivity (Wildman–Crippen MR) is 65.8 cm³/mol. The van der Waals surface area contributed by atoms with E-state index in [2.05, 4.69) is 4.98 Å². The van der Waals surface area contributed by atoms with E-state index in [1.54, 1.807) is 6.92 Å². The highest BCUT2D eigenvalue weighted by molar-refractivity contribution is 5.77. The molecule has 4 heteroatoms. The first-order chi connectivity index (χ1) is 8.04. The van der Waals surface area contributed by atoms with Crippen molar-refractivity contribution in [2.45, 2.75) is 20.4 Å². The summed E-state index contributed by atoms with van der Waals surface area (Å²) in [6, 6.07) is 5.94. The second-order valence-electron chi connectivity index (χ2n) is 4.41. The van der Waals surface area contributed by atoms with Crippen molar-refractivity contribution in [2.75, 3.05) is 13.6 Å². The first kappa shape index (κ1) is 11.8. The zero-order valence-corrected chi connectivity index (χ0v) is 10.4. The normalized spacial score (nSPS) is 11.3. The van der Waals surface area contributed by atoms with Crippen LogP contribution in [0, 0.1) is 6.92 Å². The maximum absolute atomic E-state index is 11.0. The number of aromatic nitrogens is 1. The summed E-state index contributed by atoms with van der Waals surface area (Å²) in [5, 5.41) is 0. The van der Waals surface area contributed by atoms with Crippen molar-refractivity contribution in [2.24, 2.45) is 0 Å².